The first-order valence-corrected chi connectivity index (χ1v) is 7.15. The van der Waals surface area contributed by atoms with Crippen molar-refractivity contribution >= 4 is 39.8 Å². The van der Waals surface area contributed by atoms with Gasteiger partial charge in [-0.1, -0.05) is 17.7 Å². The molecule has 0 unspecified atom stereocenters. The summed E-state index contributed by atoms with van der Waals surface area (Å²) in [6.07, 6.45) is 4.24. The summed E-state index contributed by atoms with van der Waals surface area (Å²) in [7, 11) is 0. The van der Waals surface area contributed by atoms with Gasteiger partial charge in [0.15, 0.2) is 5.13 Å². The molecule has 0 saturated heterocycles. The van der Waals surface area contributed by atoms with Gasteiger partial charge < -0.3 is 5.73 Å². The van der Waals surface area contributed by atoms with E-state index in [1.165, 1.54) is 34.0 Å². The standard InChI is InChI=1S/C13H12ClN3OS/c14-9-2-1-3-10(6-9)17(12(15)18)13-16-7-11(19-13)8-4-5-8/h1-3,6-8H,4-5H2,(H2,15,18). The Morgan fingerprint density at radius 2 is 2.26 bits per heavy atom. The third-order valence-corrected chi connectivity index (χ3v) is 4.35. The number of urea groups is 1. The molecule has 0 radical (unpaired) electrons. The summed E-state index contributed by atoms with van der Waals surface area (Å²) in [5, 5.41) is 1.15. The average molecular weight is 294 g/mol. The van der Waals surface area contributed by atoms with Crippen molar-refractivity contribution in [1.82, 2.24) is 4.98 Å². The van der Waals surface area contributed by atoms with Gasteiger partial charge in [-0.25, -0.2) is 14.7 Å². The third kappa shape index (κ3) is 2.57. The van der Waals surface area contributed by atoms with Gasteiger partial charge in [0.05, 0.1) is 5.69 Å². The summed E-state index contributed by atoms with van der Waals surface area (Å²) < 4.78 is 0. The van der Waals surface area contributed by atoms with E-state index in [0.717, 1.165) is 0 Å². The maximum atomic E-state index is 11.7. The minimum atomic E-state index is -0.557. The second-order valence-electron chi connectivity index (χ2n) is 4.47. The van der Waals surface area contributed by atoms with Crippen molar-refractivity contribution in [3.05, 3.63) is 40.4 Å². The fourth-order valence-electron chi connectivity index (χ4n) is 1.88. The van der Waals surface area contributed by atoms with Crippen LogP contribution in [0.5, 0.6) is 0 Å². The molecule has 98 valence electrons. The van der Waals surface area contributed by atoms with E-state index in [1.54, 1.807) is 24.3 Å². The van der Waals surface area contributed by atoms with Crippen LogP contribution in [0.3, 0.4) is 0 Å². The highest BCUT2D eigenvalue weighted by Crippen LogP contribution is 2.44. The van der Waals surface area contributed by atoms with Gasteiger partial charge in [0, 0.05) is 16.1 Å². The number of benzene rings is 1. The van der Waals surface area contributed by atoms with Crippen LogP contribution in [-0.2, 0) is 0 Å². The molecule has 1 aliphatic carbocycles. The molecule has 6 heteroatoms. The summed E-state index contributed by atoms with van der Waals surface area (Å²) in [5.74, 6) is 0.611. The molecule has 1 aromatic heterocycles. The van der Waals surface area contributed by atoms with Crippen molar-refractivity contribution in [2.75, 3.05) is 4.90 Å². The molecular weight excluding hydrogens is 282 g/mol. The first kappa shape index (κ1) is 12.4. The van der Waals surface area contributed by atoms with Crippen LogP contribution in [0.2, 0.25) is 5.02 Å². The van der Waals surface area contributed by atoms with Crippen LogP contribution in [-0.4, -0.2) is 11.0 Å². The summed E-state index contributed by atoms with van der Waals surface area (Å²) in [4.78, 5) is 18.6. The molecule has 1 aromatic carbocycles. The Labute approximate surface area is 119 Å². The Morgan fingerprint density at radius 3 is 2.89 bits per heavy atom. The van der Waals surface area contributed by atoms with Crippen molar-refractivity contribution in [2.45, 2.75) is 18.8 Å². The van der Waals surface area contributed by atoms with E-state index in [1.807, 2.05) is 6.20 Å². The van der Waals surface area contributed by atoms with Gasteiger partial charge in [0.25, 0.3) is 0 Å². The molecule has 19 heavy (non-hydrogen) atoms. The molecule has 2 amide bonds. The molecule has 0 atom stereocenters. The van der Waals surface area contributed by atoms with Crippen LogP contribution >= 0.6 is 22.9 Å². The topological polar surface area (TPSA) is 59.2 Å². The Hall–Kier alpha value is -1.59. The number of carbonyl (C=O) groups excluding carboxylic acids is 1. The second kappa shape index (κ2) is 4.83. The van der Waals surface area contributed by atoms with Gasteiger partial charge in [0.1, 0.15) is 0 Å². The van der Waals surface area contributed by atoms with Crippen LogP contribution < -0.4 is 10.6 Å². The van der Waals surface area contributed by atoms with Crippen molar-refractivity contribution in [1.29, 1.82) is 0 Å². The number of carbonyl (C=O) groups is 1. The van der Waals surface area contributed by atoms with Crippen LogP contribution in [0.4, 0.5) is 15.6 Å². The normalized spacial score (nSPS) is 14.4. The zero-order valence-corrected chi connectivity index (χ0v) is 11.6. The molecule has 0 aliphatic heterocycles. The van der Waals surface area contributed by atoms with Gasteiger partial charge in [-0.15, -0.1) is 11.3 Å². The maximum Gasteiger partial charge on any atom is 0.325 e. The second-order valence-corrected chi connectivity index (χ2v) is 5.95. The molecular formula is C13H12ClN3OS. The van der Waals surface area contributed by atoms with Gasteiger partial charge in [-0.2, -0.15) is 0 Å². The summed E-state index contributed by atoms with van der Waals surface area (Å²) in [6, 6.07) is 6.46. The van der Waals surface area contributed by atoms with Crippen molar-refractivity contribution in [3.63, 3.8) is 0 Å². The number of rotatable bonds is 3. The minimum Gasteiger partial charge on any atom is -0.351 e. The molecule has 0 bridgehead atoms. The van der Waals surface area contributed by atoms with Crippen molar-refractivity contribution in [3.8, 4) is 0 Å². The number of hydrogen-bond donors (Lipinski definition) is 1. The summed E-state index contributed by atoms with van der Waals surface area (Å²) in [6.45, 7) is 0. The Bertz CT molecular complexity index is 624. The number of hydrogen-bond acceptors (Lipinski definition) is 3. The summed E-state index contributed by atoms with van der Waals surface area (Å²) in [5.41, 5.74) is 6.10. The quantitative estimate of drug-likeness (QED) is 0.933. The van der Waals surface area contributed by atoms with Crippen molar-refractivity contribution < 1.29 is 4.79 Å². The van der Waals surface area contributed by atoms with E-state index < -0.39 is 6.03 Å². The van der Waals surface area contributed by atoms with E-state index in [9.17, 15) is 4.79 Å². The number of nitrogens with two attached hydrogens (primary N) is 1. The lowest BCUT2D eigenvalue weighted by Crippen LogP contribution is -2.31. The van der Waals surface area contributed by atoms with Crippen LogP contribution in [0.25, 0.3) is 0 Å². The fraction of sp³-hybridized carbons (Fsp3) is 0.231. The Morgan fingerprint density at radius 1 is 1.47 bits per heavy atom. The molecule has 3 rings (SSSR count). The number of thiazole rings is 1. The number of aromatic nitrogens is 1. The van der Waals surface area contributed by atoms with Crippen LogP contribution in [0.15, 0.2) is 30.5 Å². The highest BCUT2D eigenvalue weighted by Gasteiger charge is 2.27. The molecule has 2 aromatic rings. The third-order valence-electron chi connectivity index (χ3n) is 2.97. The van der Waals surface area contributed by atoms with Crippen LogP contribution in [0, 0.1) is 0 Å². The largest absolute Gasteiger partial charge is 0.351 e. The molecule has 4 nitrogen and oxygen atoms in total. The number of primary amides is 1. The van der Waals surface area contributed by atoms with Gasteiger partial charge >= 0.3 is 6.03 Å². The zero-order valence-electron chi connectivity index (χ0n) is 10.0. The molecule has 0 spiro atoms. The smallest absolute Gasteiger partial charge is 0.325 e. The lowest BCUT2D eigenvalue weighted by Gasteiger charge is -2.17. The lowest BCUT2D eigenvalue weighted by atomic mass is 10.3. The Balaban J connectivity index is 1.97. The lowest BCUT2D eigenvalue weighted by molar-refractivity contribution is 0.256. The highest BCUT2D eigenvalue weighted by molar-refractivity contribution is 7.16. The molecule has 1 saturated carbocycles. The monoisotopic (exact) mass is 293 g/mol. The molecule has 1 heterocycles. The van der Waals surface area contributed by atoms with E-state index >= 15 is 0 Å². The maximum absolute atomic E-state index is 11.7. The molecule has 1 aliphatic rings. The number of anilines is 2. The number of nitrogens with zero attached hydrogens (tertiary/aromatic N) is 2. The first-order valence-electron chi connectivity index (χ1n) is 5.96. The predicted octanol–water partition coefficient (Wildman–Crippen LogP) is 3.89. The average Bonchev–Trinajstić information content (AvgIpc) is 3.10. The first-order chi connectivity index (χ1) is 9.15. The molecule has 1 fully saturated rings. The Kier molecular flexibility index (Phi) is 3.16. The van der Waals surface area contributed by atoms with E-state index in [4.69, 9.17) is 17.3 Å². The zero-order chi connectivity index (χ0) is 13.4. The minimum absolute atomic E-state index is 0.557. The van der Waals surface area contributed by atoms with E-state index in [2.05, 4.69) is 4.98 Å². The number of amides is 2. The van der Waals surface area contributed by atoms with Gasteiger partial charge in [-0.3, -0.25) is 0 Å². The number of halogens is 1. The predicted molar refractivity (Wildman–Crippen MR) is 77.3 cm³/mol. The van der Waals surface area contributed by atoms with Gasteiger partial charge in [-0.05, 0) is 37.0 Å². The van der Waals surface area contributed by atoms with Crippen molar-refractivity contribution in [2.24, 2.45) is 5.73 Å². The molecule has 2 N–H and O–H groups in total. The summed E-state index contributed by atoms with van der Waals surface area (Å²) >= 11 is 7.46. The fourth-order valence-corrected chi connectivity index (χ4v) is 3.18. The SMILES string of the molecule is NC(=O)N(c1cccc(Cl)c1)c1ncc(C2CC2)s1. The van der Waals surface area contributed by atoms with Gasteiger partial charge in [0.2, 0.25) is 0 Å². The van der Waals surface area contributed by atoms with E-state index in [0.29, 0.717) is 21.8 Å². The van der Waals surface area contributed by atoms with E-state index in [-0.39, 0.29) is 0 Å². The highest BCUT2D eigenvalue weighted by atomic mass is 35.5. The van der Waals surface area contributed by atoms with Crippen LogP contribution in [0.1, 0.15) is 23.6 Å².